The summed E-state index contributed by atoms with van der Waals surface area (Å²) in [6.45, 7) is 0.277. The molecule has 1 fully saturated rings. The summed E-state index contributed by atoms with van der Waals surface area (Å²) in [5, 5.41) is 0.612. The van der Waals surface area contributed by atoms with E-state index >= 15 is 0 Å². The molecule has 0 radical (unpaired) electrons. The fourth-order valence-electron chi connectivity index (χ4n) is 2.89. The third-order valence-corrected chi connectivity index (χ3v) is 6.15. The molecule has 7 heteroatoms. The minimum absolute atomic E-state index is 0.0140. The van der Waals surface area contributed by atoms with Gasteiger partial charge in [-0.05, 0) is 36.2 Å². The molecule has 0 bridgehead atoms. The van der Waals surface area contributed by atoms with Gasteiger partial charge in [0.2, 0.25) is 5.91 Å². The summed E-state index contributed by atoms with van der Waals surface area (Å²) in [7, 11) is -3.07. The summed E-state index contributed by atoms with van der Waals surface area (Å²) in [6.07, 6.45) is 2.21. The Morgan fingerprint density at radius 2 is 2.00 bits per heavy atom. The maximum Gasteiger partial charge on any atom is 0.227 e. The van der Waals surface area contributed by atoms with E-state index in [0.29, 0.717) is 17.2 Å². The molecule has 1 unspecified atom stereocenters. The number of halogens is 1. The van der Waals surface area contributed by atoms with E-state index < -0.39 is 9.84 Å². The van der Waals surface area contributed by atoms with Crippen molar-refractivity contribution in [2.45, 2.75) is 25.4 Å². The fourth-order valence-corrected chi connectivity index (χ4v) is 4.75. The Morgan fingerprint density at radius 1 is 1.25 bits per heavy atom. The Morgan fingerprint density at radius 3 is 2.58 bits per heavy atom. The maximum atomic E-state index is 12.8. The largest absolute Gasteiger partial charge is 0.467 e. The lowest BCUT2D eigenvalue weighted by atomic mass is 10.1. The van der Waals surface area contributed by atoms with Crippen LogP contribution in [0, 0.1) is 0 Å². The molecule has 2 aromatic rings. The number of nitrogens with zero attached hydrogens (tertiary/aromatic N) is 1. The highest BCUT2D eigenvalue weighted by molar-refractivity contribution is 7.91. The summed E-state index contributed by atoms with van der Waals surface area (Å²) in [5.41, 5.74) is 0.842. The van der Waals surface area contributed by atoms with Gasteiger partial charge >= 0.3 is 0 Å². The van der Waals surface area contributed by atoms with Gasteiger partial charge < -0.3 is 9.32 Å². The van der Waals surface area contributed by atoms with Crippen LogP contribution in [0.5, 0.6) is 0 Å². The van der Waals surface area contributed by atoms with Crippen molar-refractivity contribution in [1.82, 2.24) is 4.90 Å². The predicted molar refractivity (Wildman–Crippen MR) is 91.5 cm³/mol. The Balaban J connectivity index is 1.78. The first-order chi connectivity index (χ1) is 11.4. The molecule has 0 saturated carbocycles. The molecule has 1 aliphatic heterocycles. The highest BCUT2D eigenvalue weighted by Crippen LogP contribution is 2.22. The van der Waals surface area contributed by atoms with Crippen molar-refractivity contribution >= 4 is 27.3 Å². The second-order valence-electron chi connectivity index (χ2n) is 5.96. The third-order valence-electron chi connectivity index (χ3n) is 4.14. The molecule has 3 rings (SSSR count). The number of amides is 1. The number of sulfone groups is 1. The van der Waals surface area contributed by atoms with Crippen molar-refractivity contribution < 1.29 is 17.6 Å². The number of benzene rings is 1. The van der Waals surface area contributed by atoms with Crippen molar-refractivity contribution in [1.29, 1.82) is 0 Å². The highest BCUT2D eigenvalue weighted by Gasteiger charge is 2.34. The molecule has 0 aliphatic carbocycles. The van der Waals surface area contributed by atoms with Gasteiger partial charge in [0.25, 0.3) is 0 Å². The fraction of sp³-hybridized carbons (Fsp3) is 0.353. The van der Waals surface area contributed by atoms with E-state index in [2.05, 4.69) is 0 Å². The van der Waals surface area contributed by atoms with Crippen LogP contribution in [0.1, 0.15) is 17.7 Å². The number of carbonyl (C=O) groups is 1. The summed E-state index contributed by atoms with van der Waals surface area (Å²) in [5.74, 6) is 0.667. The van der Waals surface area contributed by atoms with Crippen LogP contribution in [0.2, 0.25) is 5.02 Å². The first kappa shape index (κ1) is 17.0. The Labute approximate surface area is 146 Å². The highest BCUT2D eigenvalue weighted by atomic mass is 35.5. The molecule has 24 heavy (non-hydrogen) atoms. The number of carbonyl (C=O) groups excluding carboxylic acids is 1. The van der Waals surface area contributed by atoms with E-state index in [0.717, 1.165) is 5.56 Å². The van der Waals surface area contributed by atoms with E-state index in [4.69, 9.17) is 16.0 Å². The zero-order valence-electron chi connectivity index (χ0n) is 13.0. The van der Waals surface area contributed by atoms with Crippen LogP contribution in [0.3, 0.4) is 0 Å². The van der Waals surface area contributed by atoms with Gasteiger partial charge in [0.1, 0.15) is 5.76 Å². The smallest absolute Gasteiger partial charge is 0.227 e. The van der Waals surface area contributed by atoms with Crippen LogP contribution < -0.4 is 0 Å². The number of rotatable bonds is 5. The van der Waals surface area contributed by atoms with Gasteiger partial charge in [0, 0.05) is 11.1 Å². The van der Waals surface area contributed by atoms with Gasteiger partial charge in [-0.15, -0.1) is 0 Å². The molecule has 1 aromatic heterocycles. The molecule has 128 valence electrons. The number of hydrogen-bond acceptors (Lipinski definition) is 4. The SMILES string of the molecule is O=C(Cc1ccc(Cl)cc1)N(Cc1ccco1)C1CCS(=O)(=O)C1. The van der Waals surface area contributed by atoms with Crippen molar-refractivity contribution in [3.63, 3.8) is 0 Å². The molecule has 0 N–H and O–H groups in total. The Hall–Kier alpha value is -1.79. The van der Waals surface area contributed by atoms with Crippen molar-refractivity contribution in [2.24, 2.45) is 0 Å². The monoisotopic (exact) mass is 367 g/mol. The minimum atomic E-state index is -3.07. The number of hydrogen-bond donors (Lipinski definition) is 0. The van der Waals surface area contributed by atoms with Crippen LogP contribution in [0.25, 0.3) is 0 Å². The lowest BCUT2D eigenvalue weighted by Gasteiger charge is -2.27. The quantitative estimate of drug-likeness (QED) is 0.814. The van der Waals surface area contributed by atoms with Crippen molar-refractivity contribution in [2.75, 3.05) is 11.5 Å². The van der Waals surface area contributed by atoms with Crippen LogP contribution >= 0.6 is 11.6 Å². The van der Waals surface area contributed by atoms with E-state index in [1.54, 1.807) is 47.6 Å². The lowest BCUT2D eigenvalue weighted by molar-refractivity contribution is -0.133. The average molecular weight is 368 g/mol. The van der Waals surface area contributed by atoms with Crippen molar-refractivity contribution in [3.8, 4) is 0 Å². The van der Waals surface area contributed by atoms with E-state index in [1.165, 1.54) is 0 Å². The molecule has 2 heterocycles. The zero-order chi connectivity index (χ0) is 17.2. The standard InChI is InChI=1S/C17H18ClNO4S/c18-14-5-3-13(4-6-14)10-17(20)19(11-16-2-1-8-23-16)15-7-9-24(21,22)12-15/h1-6,8,15H,7,9-12H2. The normalized spacial score (nSPS) is 19.3. The molecule has 1 amide bonds. The zero-order valence-corrected chi connectivity index (χ0v) is 14.6. The number of furan rings is 1. The lowest BCUT2D eigenvalue weighted by Crippen LogP contribution is -2.41. The van der Waals surface area contributed by atoms with Gasteiger partial charge in [-0.3, -0.25) is 4.79 Å². The van der Waals surface area contributed by atoms with Crippen LogP contribution in [-0.2, 0) is 27.6 Å². The Kier molecular flexibility index (Phi) is 4.96. The van der Waals surface area contributed by atoms with E-state index in [-0.39, 0.29) is 36.4 Å². The molecular weight excluding hydrogens is 350 g/mol. The average Bonchev–Trinajstić information content (AvgIpc) is 3.16. The van der Waals surface area contributed by atoms with Gasteiger partial charge in [-0.1, -0.05) is 23.7 Å². The summed E-state index contributed by atoms with van der Waals surface area (Å²) < 4.78 is 28.9. The first-order valence-corrected chi connectivity index (χ1v) is 9.89. The summed E-state index contributed by atoms with van der Waals surface area (Å²) in [4.78, 5) is 14.4. The van der Waals surface area contributed by atoms with Gasteiger partial charge in [-0.2, -0.15) is 0 Å². The van der Waals surface area contributed by atoms with Gasteiger partial charge in [-0.25, -0.2) is 8.42 Å². The molecule has 0 spiro atoms. The van der Waals surface area contributed by atoms with Crippen LogP contribution in [-0.4, -0.2) is 36.8 Å². The summed E-state index contributed by atoms with van der Waals surface area (Å²) in [6, 6.07) is 10.3. The van der Waals surface area contributed by atoms with Crippen molar-refractivity contribution in [3.05, 3.63) is 59.0 Å². The molecule has 1 aliphatic rings. The first-order valence-electron chi connectivity index (χ1n) is 7.70. The minimum Gasteiger partial charge on any atom is -0.467 e. The second kappa shape index (κ2) is 6.99. The van der Waals surface area contributed by atoms with Gasteiger partial charge in [0.05, 0.1) is 30.7 Å². The molecule has 1 atom stereocenters. The third kappa shape index (κ3) is 4.19. The summed E-state index contributed by atoms with van der Waals surface area (Å²) >= 11 is 5.87. The second-order valence-corrected chi connectivity index (χ2v) is 8.63. The molecular formula is C17H18ClNO4S. The predicted octanol–water partition coefficient (Wildman–Crippen LogP) is 2.69. The molecule has 1 aromatic carbocycles. The van der Waals surface area contributed by atoms with Crippen LogP contribution in [0.15, 0.2) is 47.1 Å². The maximum absolute atomic E-state index is 12.8. The Bertz CT molecular complexity index is 800. The van der Waals surface area contributed by atoms with Gasteiger partial charge in [0.15, 0.2) is 9.84 Å². The topological polar surface area (TPSA) is 67.6 Å². The molecule has 1 saturated heterocycles. The van der Waals surface area contributed by atoms with Crippen LogP contribution in [0.4, 0.5) is 0 Å². The van der Waals surface area contributed by atoms with E-state index in [1.807, 2.05) is 0 Å². The molecule has 5 nitrogen and oxygen atoms in total. The van der Waals surface area contributed by atoms with E-state index in [9.17, 15) is 13.2 Å².